The minimum Gasteiger partial charge on any atom is -0.350 e. The fourth-order valence-electron chi connectivity index (χ4n) is 3.68. The number of aliphatic imine (C=N–C) groups is 1. The number of carbonyl (C=O) groups is 1. The van der Waals surface area contributed by atoms with E-state index in [0.717, 1.165) is 16.4 Å². The molecule has 1 saturated heterocycles. The molecule has 2 unspecified atom stereocenters. The normalized spacial score (nSPS) is 21.6. The molecule has 0 spiro atoms. The average molecular weight is 478 g/mol. The maximum atomic E-state index is 12.3. The number of amides is 1. The van der Waals surface area contributed by atoms with Gasteiger partial charge in [-0.15, -0.1) is 0 Å². The van der Waals surface area contributed by atoms with Gasteiger partial charge in [0.25, 0.3) is 5.91 Å². The molecule has 4 rings (SSSR count). The van der Waals surface area contributed by atoms with Crippen molar-refractivity contribution in [3.63, 3.8) is 0 Å². The van der Waals surface area contributed by atoms with E-state index in [1.807, 2.05) is 55.1 Å². The first-order chi connectivity index (χ1) is 14.7. The van der Waals surface area contributed by atoms with Gasteiger partial charge >= 0.3 is 0 Å². The van der Waals surface area contributed by atoms with Gasteiger partial charge in [0.15, 0.2) is 15.0 Å². The lowest BCUT2D eigenvalue weighted by Crippen LogP contribution is -2.30. The van der Waals surface area contributed by atoms with Crippen molar-refractivity contribution in [1.82, 2.24) is 5.32 Å². The highest BCUT2D eigenvalue weighted by Gasteiger charge is 2.44. The van der Waals surface area contributed by atoms with Crippen LogP contribution < -0.4 is 10.2 Å². The molecule has 0 radical (unpaired) electrons. The minimum atomic E-state index is -3.02. The van der Waals surface area contributed by atoms with E-state index in [0.29, 0.717) is 17.1 Å². The monoisotopic (exact) mass is 477 g/mol. The Hall–Kier alpha value is -2.03. The summed E-state index contributed by atoms with van der Waals surface area (Å²) in [6.45, 7) is 4.34. The number of thioether (sulfide) groups is 1. The zero-order valence-corrected chi connectivity index (χ0v) is 19.7. The summed E-state index contributed by atoms with van der Waals surface area (Å²) in [5, 5.41) is 4.28. The molecule has 0 aromatic heterocycles. The van der Waals surface area contributed by atoms with Gasteiger partial charge in [-0.3, -0.25) is 9.79 Å². The van der Waals surface area contributed by atoms with E-state index in [9.17, 15) is 13.2 Å². The Bertz CT molecular complexity index is 1120. The van der Waals surface area contributed by atoms with Crippen LogP contribution in [-0.4, -0.2) is 48.3 Å². The highest BCUT2D eigenvalue weighted by atomic mass is 35.5. The number of nitrogens with zero attached hydrogens (tertiary/aromatic N) is 2. The fourth-order valence-corrected chi connectivity index (χ4v) is 7.65. The van der Waals surface area contributed by atoms with Crippen molar-refractivity contribution >= 4 is 50.0 Å². The number of sulfone groups is 1. The van der Waals surface area contributed by atoms with Crippen molar-refractivity contribution in [1.29, 1.82) is 0 Å². The standard InChI is InChI=1S/C22H24ClN3O3S2/c1-14(2)24-21(27)15-7-9-17(10-8-15)26(11-16-5-3-4-6-18(16)23)22-25-19-12-31(28,29)13-20(19)30-22/h3-10,14,19-20H,11-13H2,1-2H3,(H,24,27). The van der Waals surface area contributed by atoms with Gasteiger partial charge in [0.05, 0.1) is 24.1 Å². The molecule has 0 saturated carbocycles. The van der Waals surface area contributed by atoms with Crippen molar-refractivity contribution in [2.24, 2.45) is 4.99 Å². The number of amidine groups is 1. The molecule has 0 aliphatic carbocycles. The van der Waals surface area contributed by atoms with Crippen LogP contribution in [0.1, 0.15) is 29.8 Å². The van der Waals surface area contributed by atoms with Gasteiger partial charge in [-0.1, -0.05) is 41.6 Å². The predicted molar refractivity (Wildman–Crippen MR) is 128 cm³/mol. The molecule has 2 aromatic carbocycles. The van der Waals surface area contributed by atoms with E-state index >= 15 is 0 Å². The van der Waals surface area contributed by atoms with Gasteiger partial charge in [0.1, 0.15) is 0 Å². The third-order valence-electron chi connectivity index (χ3n) is 5.18. The lowest BCUT2D eigenvalue weighted by molar-refractivity contribution is 0.0943. The Morgan fingerprint density at radius 2 is 1.90 bits per heavy atom. The smallest absolute Gasteiger partial charge is 0.251 e. The van der Waals surface area contributed by atoms with Crippen LogP contribution in [0.5, 0.6) is 0 Å². The largest absolute Gasteiger partial charge is 0.350 e. The third-order valence-corrected chi connectivity index (χ3v) is 8.80. The first kappa shape index (κ1) is 22.2. The minimum absolute atomic E-state index is 0.0511. The zero-order valence-electron chi connectivity index (χ0n) is 17.3. The molecular weight excluding hydrogens is 454 g/mol. The molecular formula is C22H24ClN3O3S2. The van der Waals surface area contributed by atoms with Crippen LogP contribution in [0.2, 0.25) is 5.02 Å². The highest BCUT2D eigenvalue weighted by molar-refractivity contribution is 8.15. The number of hydrogen-bond donors (Lipinski definition) is 1. The molecule has 164 valence electrons. The molecule has 1 fully saturated rings. The van der Waals surface area contributed by atoms with E-state index in [1.165, 1.54) is 11.8 Å². The molecule has 2 heterocycles. The number of nitrogens with one attached hydrogen (secondary N) is 1. The van der Waals surface area contributed by atoms with Crippen LogP contribution >= 0.6 is 23.4 Å². The van der Waals surface area contributed by atoms with Crippen molar-refractivity contribution in [3.8, 4) is 0 Å². The van der Waals surface area contributed by atoms with Gasteiger partial charge in [0, 0.05) is 27.6 Å². The summed E-state index contributed by atoms with van der Waals surface area (Å²) in [7, 11) is -3.02. The molecule has 2 aliphatic heterocycles. The van der Waals surface area contributed by atoms with Gasteiger partial charge in [0.2, 0.25) is 0 Å². The number of halogens is 1. The summed E-state index contributed by atoms with van der Waals surface area (Å²) >= 11 is 7.91. The Morgan fingerprint density at radius 1 is 1.19 bits per heavy atom. The summed E-state index contributed by atoms with van der Waals surface area (Å²) in [5.74, 6) is 0.137. The van der Waals surface area contributed by atoms with E-state index in [1.54, 1.807) is 12.1 Å². The van der Waals surface area contributed by atoms with Crippen molar-refractivity contribution in [2.45, 2.75) is 37.7 Å². The second kappa shape index (κ2) is 8.84. The van der Waals surface area contributed by atoms with Gasteiger partial charge in [-0.2, -0.15) is 0 Å². The van der Waals surface area contributed by atoms with Crippen molar-refractivity contribution in [2.75, 3.05) is 16.4 Å². The zero-order chi connectivity index (χ0) is 22.2. The molecule has 0 bridgehead atoms. The summed E-state index contributed by atoms with van der Waals surface area (Å²) in [6, 6.07) is 14.8. The van der Waals surface area contributed by atoms with Crippen LogP contribution in [0.25, 0.3) is 0 Å². The Labute approximate surface area is 192 Å². The first-order valence-corrected chi connectivity index (χ1v) is 13.2. The topological polar surface area (TPSA) is 78.8 Å². The second-order valence-electron chi connectivity index (χ2n) is 8.06. The fraction of sp³-hybridized carbons (Fsp3) is 0.364. The number of carbonyl (C=O) groups excluding carboxylic acids is 1. The Balaban J connectivity index is 1.63. The molecule has 1 N–H and O–H groups in total. The van der Waals surface area contributed by atoms with Crippen LogP contribution in [0.4, 0.5) is 5.69 Å². The Morgan fingerprint density at radius 3 is 2.55 bits per heavy atom. The van der Waals surface area contributed by atoms with Gasteiger partial charge in [-0.25, -0.2) is 8.42 Å². The van der Waals surface area contributed by atoms with Gasteiger partial charge in [-0.05, 0) is 49.7 Å². The lowest BCUT2D eigenvalue weighted by atomic mass is 10.1. The summed E-state index contributed by atoms with van der Waals surface area (Å²) < 4.78 is 23.9. The number of rotatable bonds is 5. The lowest BCUT2D eigenvalue weighted by Gasteiger charge is -2.25. The number of benzene rings is 2. The van der Waals surface area contributed by atoms with E-state index < -0.39 is 9.84 Å². The molecule has 2 atom stereocenters. The number of anilines is 1. The van der Waals surface area contributed by atoms with Crippen LogP contribution in [0.15, 0.2) is 53.5 Å². The number of fused-ring (bicyclic) bond motifs is 1. The summed E-state index contributed by atoms with van der Waals surface area (Å²) in [6.07, 6.45) is 0. The SMILES string of the molecule is CC(C)NC(=O)c1ccc(N(Cc2ccccc2Cl)C2=NC3CS(=O)(=O)CC3S2)cc1. The quantitative estimate of drug-likeness (QED) is 0.709. The van der Waals surface area contributed by atoms with E-state index in [2.05, 4.69) is 5.32 Å². The average Bonchev–Trinajstić information content (AvgIpc) is 3.20. The predicted octanol–water partition coefficient (Wildman–Crippen LogP) is 3.75. The highest BCUT2D eigenvalue weighted by Crippen LogP contribution is 2.37. The van der Waals surface area contributed by atoms with Crippen molar-refractivity contribution < 1.29 is 13.2 Å². The molecule has 2 aromatic rings. The summed E-state index contributed by atoms with van der Waals surface area (Å²) in [5.41, 5.74) is 2.40. The van der Waals surface area contributed by atoms with Crippen LogP contribution in [0, 0.1) is 0 Å². The van der Waals surface area contributed by atoms with E-state index in [-0.39, 0.29) is 34.7 Å². The third kappa shape index (κ3) is 5.07. The molecule has 9 heteroatoms. The van der Waals surface area contributed by atoms with E-state index in [4.69, 9.17) is 16.6 Å². The molecule has 2 aliphatic rings. The second-order valence-corrected chi connectivity index (χ2v) is 11.8. The number of hydrogen-bond acceptors (Lipinski definition) is 6. The first-order valence-electron chi connectivity index (χ1n) is 10.1. The summed E-state index contributed by atoms with van der Waals surface area (Å²) in [4.78, 5) is 19.1. The maximum absolute atomic E-state index is 12.3. The molecule has 1 amide bonds. The molecule has 6 nitrogen and oxygen atoms in total. The Kier molecular flexibility index (Phi) is 6.32. The van der Waals surface area contributed by atoms with Gasteiger partial charge < -0.3 is 10.2 Å². The maximum Gasteiger partial charge on any atom is 0.251 e. The molecule has 31 heavy (non-hydrogen) atoms. The van der Waals surface area contributed by atoms with Crippen LogP contribution in [0.3, 0.4) is 0 Å². The van der Waals surface area contributed by atoms with Crippen molar-refractivity contribution in [3.05, 3.63) is 64.7 Å². The van der Waals surface area contributed by atoms with Crippen LogP contribution in [-0.2, 0) is 16.4 Å².